The molecule has 4 aliphatic carbocycles. The second kappa shape index (κ2) is 7.84. The number of ether oxygens (including phenoxy) is 1. The Bertz CT molecular complexity index is 685. The Hall–Kier alpha value is -1.73. The van der Waals surface area contributed by atoms with Gasteiger partial charge in [-0.1, -0.05) is 0 Å². The summed E-state index contributed by atoms with van der Waals surface area (Å²) in [6, 6.07) is 1.82. The van der Waals surface area contributed by atoms with Gasteiger partial charge in [0.05, 0.1) is 5.41 Å². The van der Waals surface area contributed by atoms with Crippen LogP contribution in [0.5, 0.6) is 0 Å². The molecule has 1 saturated heterocycles. The fraction of sp³-hybridized carbons (Fsp3) is 0.773. The van der Waals surface area contributed by atoms with Crippen molar-refractivity contribution in [2.45, 2.75) is 44.6 Å². The zero-order chi connectivity index (χ0) is 19.8. The molecule has 0 amide bonds. The van der Waals surface area contributed by atoms with Crippen molar-refractivity contribution in [1.29, 1.82) is 0 Å². The number of piperazine rings is 1. The van der Waals surface area contributed by atoms with Crippen LogP contribution >= 0.6 is 0 Å². The van der Waals surface area contributed by atoms with Crippen molar-refractivity contribution in [3.05, 3.63) is 18.5 Å². The summed E-state index contributed by atoms with van der Waals surface area (Å²) in [4.78, 5) is 25.9. The van der Waals surface area contributed by atoms with Crippen molar-refractivity contribution in [3.8, 4) is 0 Å². The molecule has 1 aromatic rings. The molecule has 5 fully saturated rings. The molecule has 4 bridgehead atoms. The fourth-order valence-electron chi connectivity index (χ4n) is 6.62. The molecule has 2 heterocycles. The maximum Gasteiger partial charge on any atom is 0.312 e. The summed E-state index contributed by atoms with van der Waals surface area (Å²) >= 11 is 0. The number of anilines is 1. The van der Waals surface area contributed by atoms with Gasteiger partial charge in [-0.25, -0.2) is 9.97 Å². The minimum absolute atomic E-state index is 0.0401. The number of aliphatic hydroxyl groups excluding tert-OH is 1. The number of nitrogens with zero attached hydrogens (tertiary/aromatic N) is 4. The second-order valence-corrected chi connectivity index (χ2v) is 9.79. The lowest BCUT2D eigenvalue weighted by atomic mass is 9.49. The Morgan fingerprint density at radius 1 is 1.07 bits per heavy atom. The van der Waals surface area contributed by atoms with E-state index in [-0.39, 0.29) is 18.0 Å². The predicted octanol–water partition coefficient (Wildman–Crippen LogP) is 1.72. The zero-order valence-electron chi connectivity index (χ0n) is 17.1. The van der Waals surface area contributed by atoms with Crippen LogP contribution in [-0.4, -0.2) is 71.4 Å². The van der Waals surface area contributed by atoms with Crippen LogP contribution in [0.4, 0.5) is 5.95 Å². The number of aliphatic hydroxyl groups is 1. The third-order valence-corrected chi connectivity index (χ3v) is 7.55. The number of hydrogen-bond donors (Lipinski definition) is 1. The van der Waals surface area contributed by atoms with Crippen molar-refractivity contribution in [3.63, 3.8) is 0 Å². The Labute approximate surface area is 172 Å². The smallest absolute Gasteiger partial charge is 0.312 e. The van der Waals surface area contributed by atoms with Gasteiger partial charge in [0.2, 0.25) is 5.95 Å². The van der Waals surface area contributed by atoms with Gasteiger partial charge in [-0.2, -0.15) is 0 Å². The first-order valence-electron chi connectivity index (χ1n) is 11.2. The molecule has 0 spiro atoms. The van der Waals surface area contributed by atoms with E-state index in [1.165, 1.54) is 19.3 Å². The molecule has 5 aliphatic rings. The van der Waals surface area contributed by atoms with Gasteiger partial charge < -0.3 is 14.7 Å². The van der Waals surface area contributed by atoms with Gasteiger partial charge in [0, 0.05) is 45.1 Å². The standard InChI is InChI=1S/C22H32N4O3/c27-19(14-25-4-6-26(7-5-25)21-23-2-1-3-24-21)15-29-20(28)22-11-16-8-17(12-22)10-18(9-16)13-22/h1-3,16-19,27H,4-15H2. The van der Waals surface area contributed by atoms with E-state index in [1.807, 2.05) is 6.07 Å². The summed E-state index contributed by atoms with van der Waals surface area (Å²) in [5, 5.41) is 10.5. The van der Waals surface area contributed by atoms with Crippen molar-refractivity contribution in [1.82, 2.24) is 14.9 Å². The summed E-state index contributed by atoms with van der Waals surface area (Å²) in [6.45, 7) is 4.02. The third-order valence-electron chi connectivity index (χ3n) is 7.55. The lowest BCUT2D eigenvalue weighted by molar-refractivity contribution is -0.174. The lowest BCUT2D eigenvalue weighted by Gasteiger charge is -2.55. The number of carbonyl (C=O) groups excluding carboxylic acids is 1. The zero-order valence-corrected chi connectivity index (χ0v) is 17.1. The van der Waals surface area contributed by atoms with Gasteiger partial charge in [0.15, 0.2) is 0 Å². The van der Waals surface area contributed by atoms with Crippen LogP contribution in [0.3, 0.4) is 0 Å². The molecule has 0 aromatic carbocycles. The molecular formula is C22H32N4O3. The number of hydrogen-bond acceptors (Lipinski definition) is 7. The molecule has 1 aromatic heterocycles. The average molecular weight is 401 g/mol. The minimum Gasteiger partial charge on any atom is -0.462 e. The lowest BCUT2D eigenvalue weighted by Crippen LogP contribution is -2.51. The SMILES string of the molecule is O=C(OCC(O)CN1CCN(c2ncccn2)CC1)C12CC3CC(CC(C3)C1)C2. The molecule has 1 aliphatic heterocycles. The highest BCUT2D eigenvalue weighted by Crippen LogP contribution is 2.60. The third kappa shape index (κ3) is 3.99. The van der Waals surface area contributed by atoms with Crippen LogP contribution in [0.25, 0.3) is 0 Å². The predicted molar refractivity (Wildman–Crippen MR) is 108 cm³/mol. The first-order chi connectivity index (χ1) is 14.1. The number of esters is 1. The van der Waals surface area contributed by atoms with Crippen molar-refractivity contribution in [2.75, 3.05) is 44.2 Å². The largest absolute Gasteiger partial charge is 0.462 e. The molecule has 29 heavy (non-hydrogen) atoms. The van der Waals surface area contributed by atoms with Crippen LogP contribution in [-0.2, 0) is 9.53 Å². The molecule has 0 radical (unpaired) electrons. The highest BCUT2D eigenvalue weighted by atomic mass is 16.5. The van der Waals surface area contributed by atoms with Gasteiger partial charge >= 0.3 is 5.97 Å². The van der Waals surface area contributed by atoms with Gasteiger partial charge in [-0.15, -0.1) is 0 Å². The van der Waals surface area contributed by atoms with E-state index in [9.17, 15) is 9.90 Å². The van der Waals surface area contributed by atoms with Crippen molar-refractivity contribution in [2.24, 2.45) is 23.2 Å². The van der Waals surface area contributed by atoms with E-state index in [0.29, 0.717) is 6.54 Å². The van der Waals surface area contributed by atoms with E-state index in [4.69, 9.17) is 4.74 Å². The van der Waals surface area contributed by atoms with Crippen molar-refractivity contribution < 1.29 is 14.6 Å². The van der Waals surface area contributed by atoms with Crippen molar-refractivity contribution >= 4 is 11.9 Å². The van der Waals surface area contributed by atoms with E-state index in [2.05, 4.69) is 19.8 Å². The normalized spacial score (nSPS) is 34.9. The first kappa shape index (κ1) is 19.2. The average Bonchev–Trinajstić information content (AvgIpc) is 2.72. The highest BCUT2D eigenvalue weighted by Gasteiger charge is 2.55. The molecule has 1 atom stereocenters. The Kier molecular flexibility index (Phi) is 5.20. The van der Waals surface area contributed by atoms with Crippen LogP contribution in [0.15, 0.2) is 18.5 Å². The van der Waals surface area contributed by atoms with Crippen LogP contribution in [0, 0.1) is 23.2 Å². The summed E-state index contributed by atoms with van der Waals surface area (Å²) < 4.78 is 5.67. The Morgan fingerprint density at radius 2 is 1.66 bits per heavy atom. The Balaban J connectivity index is 1.07. The van der Waals surface area contributed by atoms with Gasteiger partial charge in [0.25, 0.3) is 0 Å². The Morgan fingerprint density at radius 3 is 2.24 bits per heavy atom. The number of aromatic nitrogens is 2. The summed E-state index contributed by atoms with van der Waals surface area (Å²) in [7, 11) is 0. The molecule has 4 saturated carbocycles. The fourth-order valence-corrected chi connectivity index (χ4v) is 6.62. The summed E-state index contributed by atoms with van der Waals surface area (Å²) in [5.74, 6) is 2.90. The highest BCUT2D eigenvalue weighted by molar-refractivity contribution is 5.77. The van der Waals surface area contributed by atoms with Crippen LogP contribution < -0.4 is 4.90 Å². The van der Waals surface area contributed by atoms with Crippen LogP contribution in [0.1, 0.15) is 38.5 Å². The van der Waals surface area contributed by atoms with Gasteiger partial charge in [-0.3, -0.25) is 9.69 Å². The van der Waals surface area contributed by atoms with Gasteiger partial charge in [0.1, 0.15) is 12.7 Å². The van der Waals surface area contributed by atoms with E-state index in [0.717, 1.165) is 69.1 Å². The monoisotopic (exact) mass is 400 g/mol. The quantitative estimate of drug-likeness (QED) is 0.729. The van der Waals surface area contributed by atoms with Crippen LogP contribution in [0.2, 0.25) is 0 Å². The summed E-state index contributed by atoms with van der Waals surface area (Å²) in [5.41, 5.74) is -0.240. The van der Waals surface area contributed by atoms with E-state index >= 15 is 0 Å². The molecule has 1 unspecified atom stereocenters. The number of carbonyl (C=O) groups is 1. The van der Waals surface area contributed by atoms with E-state index < -0.39 is 6.10 Å². The molecule has 7 nitrogen and oxygen atoms in total. The first-order valence-corrected chi connectivity index (χ1v) is 11.2. The number of β-amino-alcohol motifs (C(OH)–C–C–N with tert-alkyl or cyclic N) is 1. The van der Waals surface area contributed by atoms with E-state index in [1.54, 1.807) is 12.4 Å². The molecule has 7 heteroatoms. The molecule has 1 N–H and O–H groups in total. The molecular weight excluding hydrogens is 368 g/mol. The molecule has 158 valence electrons. The topological polar surface area (TPSA) is 78.8 Å². The summed E-state index contributed by atoms with van der Waals surface area (Å²) in [6.07, 6.45) is 9.87. The minimum atomic E-state index is -0.632. The maximum absolute atomic E-state index is 12.9. The molecule has 6 rings (SSSR count). The maximum atomic E-state index is 12.9. The number of rotatable bonds is 6. The second-order valence-electron chi connectivity index (χ2n) is 9.79. The van der Waals surface area contributed by atoms with Gasteiger partial charge in [-0.05, 0) is 62.3 Å².